The van der Waals surface area contributed by atoms with Gasteiger partial charge in [-0.2, -0.15) is 4.98 Å². The number of nitrogens with one attached hydrogen (secondary N) is 2. The lowest BCUT2D eigenvalue weighted by Crippen LogP contribution is -2.46. The lowest BCUT2D eigenvalue weighted by molar-refractivity contribution is 0.0497. The van der Waals surface area contributed by atoms with Gasteiger partial charge in [-0.3, -0.25) is 0 Å². The van der Waals surface area contributed by atoms with Gasteiger partial charge in [-0.1, -0.05) is 0 Å². The molecule has 1 amide bonds. The Labute approximate surface area is 164 Å². The summed E-state index contributed by atoms with van der Waals surface area (Å²) in [4.78, 5) is 22.9. The maximum Gasteiger partial charge on any atom is 0.407 e. The molecular formula is C20H26FN5O2. The van der Waals surface area contributed by atoms with Crippen molar-refractivity contribution in [1.82, 2.24) is 15.3 Å². The normalized spacial score (nSPS) is 15.2. The smallest absolute Gasteiger partial charge is 0.407 e. The first-order valence-electron chi connectivity index (χ1n) is 9.38. The Hall–Kier alpha value is -2.90. The summed E-state index contributed by atoms with van der Waals surface area (Å²) in [7, 11) is 0. The van der Waals surface area contributed by atoms with Crippen molar-refractivity contribution in [3.05, 3.63) is 42.3 Å². The van der Waals surface area contributed by atoms with Crippen molar-refractivity contribution in [3.63, 3.8) is 0 Å². The molecule has 0 bridgehead atoms. The Morgan fingerprint density at radius 2 is 1.86 bits per heavy atom. The number of rotatable bonds is 4. The second-order valence-electron chi connectivity index (χ2n) is 7.78. The van der Waals surface area contributed by atoms with Gasteiger partial charge >= 0.3 is 6.09 Å². The van der Waals surface area contributed by atoms with Crippen molar-refractivity contribution in [2.75, 3.05) is 23.3 Å². The van der Waals surface area contributed by atoms with Gasteiger partial charge in [0.2, 0.25) is 5.95 Å². The molecule has 2 aromatic rings. The Morgan fingerprint density at radius 3 is 2.50 bits per heavy atom. The van der Waals surface area contributed by atoms with Crippen LogP contribution in [0.4, 0.5) is 26.6 Å². The average molecular weight is 387 g/mol. The van der Waals surface area contributed by atoms with Gasteiger partial charge in [-0.25, -0.2) is 14.2 Å². The van der Waals surface area contributed by atoms with Crippen LogP contribution in [0.3, 0.4) is 0 Å². The molecule has 2 N–H and O–H groups in total. The molecule has 0 unspecified atom stereocenters. The first kappa shape index (κ1) is 19.9. The molecule has 0 aliphatic carbocycles. The second kappa shape index (κ2) is 8.41. The van der Waals surface area contributed by atoms with E-state index in [0.717, 1.165) is 31.6 Å². The van der Waals surface area contributed by atoms with Crippen LogP contribution in [0.1, 0.15) is 33.6 Å². The van der Waals surface area contributed by atoms with E-state index in [1.807, 2.05) is 20.8 Å². The fourth-order valence-electron chi connectivity index (χ4n) is 2.95. The number of anilines is 3. The van der Waals surface area contributed by atoms with Gasteiger partial charge in [0.05, 0.1) is 0 Å². The molecule has 1 fully saturated rings. The van der Waals surface area contributed by atoms with Crippen LogP contribution >= 0.6 is 0 Å². The zero-order valence-electron chi connectivity index (χ0n) is 16.4. The number of benzene rings is 1. The molecule has 0 radical (unpaired) electrons. The molecule has 150 valence electrons. The predicted octanol–water partition coefficient (Wildman–Crippen LogP) is 3.85. The van der Waals surface area contributed by atoms with E-state index in [0.29, 0.717) is 11.8 Å². The van der Waals surface area contributed by atoms with E-state index in [2.05, 4.69) is 25.5 Å². The Kier molecular flexibility index (Phi) is 5.96. The van der Waals surface area contributed by atoms with Crippen LogP contribution in [0.15, 0.2) is 36.5 Å². The second-order valence-corrected chi connectivity index (χ2v) is 7.78. The van der Waals surface area contributed by atoms with Crippen LogP contribution in [0.25, 0.3) is 0 Å². The molecule has 3 rings (SSSR count). The lowest BCUT2D eigenvalue weighted by atomic mass is 10.1. The van der Waals surface area contributed by atoms with Crippen LogP contribution in [0.2, 0.25) is 0 Å². The number of piperidine rings is 1. The molecule has 8 heteroatoms. The summed E-state index contributed by atoms with van der Waals surface area (Å²) in [6, 6.07) is 7.95. The summed E-state index contributed by atoms with van der Waals surface area (Å²) in [6.45, 7) is 7.01. The van der Waals surface area contributed by atoms with Gasteiger partial charge in [-0.15, -0.1) is 0 Å². The van der Waals surface area contributed by atoms with E-state index in [9.17, 15) is 9.18 Å². The first-order chi connectivity index (χ1) is 13.3. The van der Waals surface area contributed by atoms with Gasteiger partial charge in [0.15, 0.2) is 0 Å². The van der Waals surface area contributed by atoms with E-state index in [4.69, 9.17) is 4.74 Å². The predicted molar refractivity (Wildman–Crippen MR) is 106 cm³/mol. The summed E-state index contributed by atoms with van der Waals surface area (Å²) in [6.07, 6.45) is 2.89. The summed E-state index contributed by atoms with van der Waals surface area (Å²) < 4.78 is 18.3. The van der Waals surface area contributed by atoms with E-state index in [1.54, 1.807) is 24.4 Å². The van der Waals surface area contributed by atoms with Crippen molar-refractivity contribution < 1.29 is 13.9 Å². The van der Waals surface area contributed by atoms with Gasteiger partial charge in [0, 0.05) is 31.0 Å². The number of halogens is 1. The maximum absolute atomic E-state index is 13.0. The molecular weight excluding hydrogens is 361 g/mol. The van der Waals surface area contributed by atoms with Crippen molar-refractivity contribution in [2.24, 2.45) is 0 Å². The number of amides is 1. The highest BCUT2D eigenvalue weighted by atomic mass is 19.1. The van der Waals surface area contributed by atoms with Crippen molar-refractivity contribution >= 4 is 23.5 Å². The van der Waals surface area contributed by atoms with Crippen molar-refractivity contribution in [3.8, 4) is 0 Å². The fraction of sp³-hybridized carbons (Fsp3) is 0.450. The number of ether oxygens (including phenoxy) is 1. The SMILES string of the molecule is CC(C)(C)OC(=O)NC1CCN(c2nccc(Nc3ccc(F)cc3)n2)CC1. The molecule has 1 aliphatic rings. The van der Waals surface area contributed by atoms with Crippen LogP contribution in [-0.2, 0) is 4.74 Å². The molecule has 1 aliphatic heterocycles. The zero-order valence-corrected chi connectivity index (χ0v) is 16.4. The lowest BCUT2D eigenvalue weighted by Gasteiger charge is -2.32. The number of nitrogens with zero attached hydrogens (tertiary/aromatic N) is 3. The average Bonchev–Trinajstić information content (AvgIpc) is 2.63. The molecule has 1 aromatic carbocycles. The number of hydrogen-bond acceptors (Lipinski definition) is 6. The monoisotopic (exact) mass is 387 g/mol. The Bertz CT molecular complexity index is 799. The Balaban J connectivity index is 1.54. The zero-order chi connectivity index (χ0) is 20.1. The fourth-order valence-corrected chi connectivity index (χ4v) is 2.95. The van der Waals surface area contributed by atoms with Crippen LogP contribution < -0.4 is 15.5 Å². The molecule has 2 heterocycles. The highest BCUT2D eigenvalue weighted by Gasteiger charge is 2.24. The largest absolute Gasteiger partial charge is 0.444 e. The van der Waals surface area contributed by atoms with Gasteiger partial charge in [0.1, 0.15) is 17.2 Å². The van der Waals surface area contributed by atoms with Crippen LogP contribution in [-0.4, -0.2) is 40.8 Å². The minimum absolute atomic E-state index is 0.0756. The minimum Gasteiger partial charge on any atom is -0.444 e. The standard InChI is InChI=1S/C20H26FN5O2/c1-20(2,3)28-19(27)24-16-9-12-26(13-10-16)18-22-11-8-17(25-18)23-15-6-4-14(21)5-7-15/h4-8,11,16H,9-10,12-13H2,1-3H3,(H,24,27)(H,22,23,25). The van der Waals surface area contributed by atoms with Crippen molar-refractivity contribution in [2.45, 2.75) is 45.3 Å². The van der Waals surface area contributed by atoms with E-state index in [-0.39, 0.29) is 18.0 Å². The number of hydrogen-bond donors (Lipinski definition) is 2. The molecule has 0 spiro atoms. The van der Waals surface area contributed by atoms with Gasteiger partial charge in [0.25, 0.3) is 0 Å². The number of alkyl carbamates (subject to hydrolysis) is 1. The van der Waals surface area contributed by atoms with Gasteiger partial charge in [-0.05, 0) is 63.9 Å². The third kappa shape index (κ3) is 5.80. The maximum atomic E-state index is 13.0. The minimum atomic E-state index is -0.503. The summed E-state index contributed by atoms with van der Waals surface area (Å²) in [5, 5.41) is 6.07. The summed E-state index contributed by atoms with van der Waals surface area (Å²) >= 11 is 0. The molecule has 1 aromatic heterocycles. The third-order valence-electron chi connectivity index (χ3n) is 4.26. The van der Waals surface area contributed by atoms with E-state index >= 15 is 0 Å². The topological polar surface area (TPSA) is 79.4 Å². The molecule has 0 saturated carbocycles. The van der Waals surface area contributed by atoms with E-state index < -0.39 is 5.60 Å². The van der Waals surface area contributed by atoms with E-state index in [1.165, 1.54) is 12.1 Å². The van der Waals surface area contributed by atoms with Crippen molar-refractivity contribution in [1.29, 1.82) is 0 Å². The molecule has 7 nitrogen and oxygen atoms in total. The molecule has 0 atom stereocenters. The number of aromatic nitrogens is 2. The third-order valence-corrected chi connectivity index (χ3v) is 4.26. The number of carbonyl (C=O) groups is 1. The van der Waals surface area contributed by atoms with Crippen LogP contribution in [0.5, 0.6) is 0 Å². The first-order valence-corrected chi connectivity index (χ1v) is 9.38. The Morgan fingerprint density at radius 1 is 1.18 bits per heavy atom. The molecule has 28 heavy (non-hydrogen) atoms. The molecule has 1 saturated heterocycles. The summed E-state index contributed by atoms with van der Waals surface area (Å²) in [5.41, 5.74) is 0.252. The highest BCUT2D eigenvalue weighted by molar-refractivity contribution is 5.68. The van der Waals surface area contributed by atoms with Crippen LogP contribution in [0, 0.1) is 5.82 Å². The summed E-state index contributed by atoms with van der Waals surface area (Å²) in [5.74, 6) is 0.991. The highest BCUT2D eigenvalue weighted by Crippen LogP contribution is 2.20. The quantitative estimate of drug-likeness (QED) is 0.830. The number of carbonyl (C=O) groups excluding carboxylic acids is 1. The van der Waals surface area contributed by atoms with Gasteiger partial charge < -0.3 is 20.3 Å².